The fraction of sp³-hybridized carbons (Fsp3) is 1.00. The van der Waals surface area contributed by atoms with E-state index in [0.717, 1.165) is 32.4 Å². The molecule has 0 aliphatic carbocycles. The Bertz CT molecular complexity index is 408. The van der Waals surface area contributed by atoms with Gasteiger partial charge in [-0.15, -0.1) is 0 Å². The Balaban J connectivity index is 1.93. The zero-order chi connectivity index (χ0) is 14.8. The van der Waals surface area contributed by atoms with Crippen LogP contribution < -0.4 is 10.0 Å². The lowest BCUT2D eigenvalue weighted by Crippen LogP contribution is -2.52. The van der Waals surface area contributed by atoms with Gasteiger partial charge in [-0.25, -0.2) is 4.72 Å². The van der Waals surface area contributed by atoms with Crippen molar-refractivity contribution in [2.75, 3.05) is 32.7 Å². The Hall–Kier alpha value is -0.170. The number of nitrogens with one attached hydrogen (secondary N) is 2. The summed E-state index contributed by atoms with van der Waals surface area (Å²) < 4.78 is 29.4. The molecule has 6 heteroatoms. The molecule has 2 N–H and O–H groups in total. The average Bonchev–Trinajstić information content (AvgIpc) is 2.37. The Morgan fingerprint density at radius 3 is 2.50 bits per heavy atom. The van der Waals surface area contributed by atoms with Crippen LogP contribution in [0.2, 0.25) is 0 Å². The second-order valence-electron chi connectivity index (χ2n) is 7.18. The van der Waals surface area contributed by atoms with E-state index in [-0.39, 0.29) is 5.41 Å². The molecule has 20 heavy (non-hydrogen) atoms. The molecule has 2 saturated heterocycles. The summed E-state index contributed by atoms with van der Waals surface area (Å²) in [5.41, 5.74) is 0.0400. The molecule has 0 amide bonds. The van der Waals surface area contributed by atoms with Crippen LogP contribution in [0.25, 0.3) is 0 Å². The molecular formula is C14H29N3O2S. The zero-order valence-electron chi connectivity index (χ0n) is 13.0. The van der Waals surface area contributed by atoms with Crippen molar-refractivity contribution in [1.29, 1.82) is 0 Å². The van der Waals surface area contributed by atoms with Gasteiger partial charge in [-0.1, -0.05) is 20.8 Å². The van der Waals surface area contributed by atoms with Crippen LogP contribution >= 0.6 is 0 Å². The second-order valence-corrected chi connectivity index (χ2v) is 8.94. The molecule has 0 aromatic rings. The molecule has 118 valence electrons. The third-order valence-electron chi connectivity index (χ3n) is 4.54. The third kappa shape index (κ3) is 4.16. The van der Waals surface area contributed by atoms with Crippen LogP contribution in [0.4, 0.5) is 0 Å². The average molecular weight is 303 g/mol. The van der Waals surface area contributed by atoms with Crippen LogP contribution in [0.3, 0.4) is 0 Å². The minimum absolute atomic E-state index is 0.0400. The Morgan fingerprint density at radius 1 is 1.30 bits per heavy atom. The van der Waals surface area contributed by atoms with Gasteiger partial charge in [0.05, 0.1) is 0 Å². The van der Waals surface area contributed by atoms with E-state index in [4.69, 9.17) is 0 Å². The van der Waals surface area contributed by atoms with Crippen molar-refractivity contribution in [3.05, 3.63) is 0 Å². The summed E-state index contributed by atoms with van der Waals surface area (Å²) in [6.45, 7) is 10.2. The van der Waals surface area contributed by atoms with Crippen molar-refractivity contribution in [3.8, 4) is 0 Å². The normalized spacial score (nSPS) is 37.0. The van der Waals surface area contributed by atoms with Crippen LogP contribution in [0, 0.1) is 17.3 Å². The number of hydrogen-bond donors (Lipinski definition) is 2. The molecule has 0 saturated carbocycles. The van der Waals surface area contributed by atoms with Crippen molar-refractivity contribution >= 4 is 10.2 Å². The highest BCUT2D eigenvalue weighted by Gasteiger charge is 2.33. The summed E-state index contributed by atoms with van der Waals surface area (Å²) in [5, 5.41) is 3.36. The highest BCUT2D eigenvalue weighted by Crippen LogP contribution is 2.26. The van der Waals surface area contributed by atoms with Gasteiger partial charge in [0, 0.05) is 26.2 Å². The second kappa shape index (κ2) is 6.30. The first-order valence-electron chi connectivity index (χ1n) is 7.76. The predicted molar refractivity (Wildman–Crippen MR) is 81.7 cm³/mol. The van der Waals surface area contributed by atoms with Crippen LogP contribution in [0.15, 0.2) is 0 Å². The van der Waals surface area contributed by atoms with Crippen molar-refractivity contribution in [1.82, 2.24) is 14.3 Å². The Kier molecular flexibility index (Phi) is 5.10. The maximum Gasteiger partial charge on any atom is 0.279 e. The van der Waals surface area contributed by atoms with E-state index in [1.54, 1.807) is 4.31 Å². The summed E-state index contributed by atoms with van der Waals surface area (Å²) >= 11 is 0. The maximum atomic E-state index is 12.5. The zero-order valence-corrected chi connectivity index (χ0v) is 13.8. The number of hydrogen-bond acceptors (Lipinski definition) is 3. The molecule has 0 spiro atoms. The minimum Gasteiger partial charge on any atom is -0.316 e. The Labute approximate surface area is 123 Å². The van der Waals surface area contributed by atoms with Crippen molar-refractivity contribution in [2.24, 2.45) is 17.3 Å². The molecule has 2 aliphatic rings. The van der Waals surface area contributed by atoms with Gasteiger partial charge in [-0.2, -0.15) is 12.7 Å². The quantitative estimate of drug-likeness (QED) is 0.820. The fourth-order valence-electron chi connectivity index (χ4n) is 3.43. The maximum absolute atomic E-state index is 12.5. The molecule has 2 aliphatic heterocycles. The molecule has 3 unspecified atom stereocenters. The molecule has 2 rings (SSSR count). The van der Waals surface area contributed by atoms with Crippen LogP contribution in [0.1, 0.15) is 40.0 Å². The molecule has 2 heterocycles. The summed E-state index contributed by atoms with van der Waals surface area (Å²) in [4.78, 5) is 0. The van der Waals surface area contributed by atoms with Gasteiger partial charge in [0.25, 0.3) is 10.2 Å². The van der Waals surface area contributed by atoms with E-state index in [1.807, 2.05) is 0 Å². The largest absolute Gasteiger partial charge is 0.316 e. The van der Waals surface area contributed by atoms with E-state index < -0.39 is 10.2 Å². The lowest BCUT2D eigenvalue weighted by molar-refractivity contribution is 0.212. The molecule has 0 aromatic carbocycles. The summed E-state index contributed by atoms with van der Waals surface area (Å²) in [7, 11) is -3.33. The lowest BCUT2D eigenvalue weighted by Gasteiger charge is -2.37. The molecule has 2 fully saturated rings. The van der Waals surface area contributed by atoms with Gasteiger partial charge in [-0.05, 0) is 43.1 Å². The lowest BCUT2D eigenvalue weighted by atomic mass is 9.83. The first-order chi connectivity index (χ1) is 9.31. The van der Waals surface area contributed by atoms with Gasteiger partial charge in [-0.3, -0.25) is 0 Å². The van der Waals surface area contributed by atoms with Gasteiger partial charge < -0.3 is 5.32 Å². The third-order valence-corrected chi connectivity index (χ3v) is 6.03. The first-order valence-corrected chi connectivity index (χ1v) is 9.20. The van der Waals surface area contributed by atoms with Crippen molar-refractivity contribution < 1.29 is 8.42 Å². The van der Waals surface area contributed by atoms with Gasteiger partial charge in [0.1, 0.15) is 0 Å². The smallest absolute Gasteiger partial charge is 0.279 e. The fourth-order valence-corrected chi connectivity index (χ4v) is 5.04. The molecule has 5 nitrogen and oxygen atoms in total. The number of nitrogens with zero attached hydrogens (tertiary/aromatic N) is 1. The van der Waals surface area contributed by atoms with Gasteiger partial charge in [0.15, 0.2) is 0 Å². The molecule has 0 radical (unpaired) electrons. The highest BCUT2D eigenvalue weighted by atomic mass is 32.2. The first kappa shape index (κ1) is 16.2. The molecule has 0 bridgehead atoms. The topological polar surface area (TPSA) is 61.4 Å². The monoisotopic (exact) mass is 303 g/mol. The van der Waals surface area contributed by atoms with Crippen LogP contribution in [0.5, 0.6) is 0 Å². The van der Waals surface area contributed by atoms with E-state index in [2.05, 4.69) is 30.8 Å². The predicted octanol–water partition coefficient (Wildman–Crippen LogP) is 1.19. The van der Waals surface area contributed by atoms with Crippen molar-refractivity contribution in [2.45, 2.75) is 40.0 Å². The van der Waals surface area contributed by atoms with Crippen LogP contribution in [-0.4, -0.2) is 45.4 Å². The van der Waals surface area contributed by atoms with E-state index in [1.165, 1.54) is 0 Å². The van der Waals surface area contributed by atoms with Crippen molar-refractivity contribution in [3.63, 3.8) is 0 Å². The summed E-state index contributed by atoms with van der Waals surface area (Å²) in [6.07, 6.45) is 3.32. The molecule has 3 atom stereocenters. The SMILES string of the molecule is CC1CC(C)CN(S(=O)(=O)NCC2(C)CCCNC2)C1. The number of rotatable bonds is 4. The molecular weight excluding hydrogens is 274 g/mol. The minimum atomic E-state index is -3.33. The van der Waals surface area contributed by atoms with Crippen LogP contribution in [-0.2, 0) is 10.2 Å². The van der Waals surface area contributed by atoms with Gasteiger partial charge in [0.2, 0.25) is 0 Å². The highest BCUT2D eigenvalue weighted by molar-refractivity contribution is 7.87. The Morgan fingerprint density at radius 2 is 1.95 bits per heavy atom. The van der Waals surface area contributed by atoms with E-state index in [9.17, 15) is 8.42 Å². The molecule has 0 aromatic heterocycles. The van der Waals surface area contributed by atoms with E-state index >= 15 is 0 Å². The van der Waals surface area contributed by atoms with Gasteiger partial charge >= 0.3 is 0 Å². The standard InChI is InChI=1S/C14H29N3O2S/c1-12-7-13(2)9-17(8-12)20(18,19)16-11-14(3)5-4-6-15-10-14/h12-13,15-16H,4-11H2,1-3H3. The summed E-state index contributed by atoms with van der Waals surface area (Å²) in [6, 6.07) is 0. The number of piperidine rings is 2. The summed E-state index contributed by atoms with van der Waals surface area (Å²) in [5.74, 6) is 0.893. The van der Waals surface area contributed by atoms with E-state index in [0.29, 0.717) is 31.5 Å².